The van der Waals surface area contributed by atoms with Gasteiger partial charge in [-0.2, -0.15) is 13.2 Å². The van der Waals surface area contributed by atoms with Gasteiger partial charge in [0.2, 0.25) is 0 Å². The van der Waals surface area contributed by atoms with Gasteiger partial charge in [-0.05, 0) is 39.8 Å². The van der Waals surface area contributed by atoms with Crippen LogP contribution in [0.5, 0.6) is 0 Å². The molecule has 0 heterocycles. The summed E-state index contributed by atoms with van der Waals surface area (Å²) >= 11 is 14.0. The maximum absolute atomic E-state index is 12.0. The van der Waals surface area contributed by atoms with Gasteiger partial charge in [0.1, 0.15) is 0 Å². The van der Waals surface area contributed by atoms with Crippen LogP contribution >= 0.6 is 50.9 Å². The second-order valence-electron chi connectivity index (χ2n) is 2.22. The van der Waals surface area contributed by atoms with Gasteiger partial charge < -0.3 is 0 Å². The maximum atomic E-state index is 12.0. The first kappa shape index (κ1) is 12.5. The number of benzene rings is 1. The predicted octanol–water partition coefficient (Wildman–Crippen LogP) is 5.37. The predicted molar refractivity (Wildman–Crippen MR) is 56.1 cm³/mol. The fraction of sp³-hybridized carbons (Fsp3) is 0.143. The molecule has 0 atom stereocenters. The van der Waals surface area contributed by atoms with Gasteiger partial charge in [0, 0.05) is 4.90 Å². The Balaban J connectivity index is 3.06. The van der Waals surface area contributed by atoms with Gasteiger partial charge in [-0.15, -0.1) is 0 Å². The highest BCUT2D eigenvalue weighted by Gasteiger charge is 2.30. The number of thioether (sulfide) groups is 1. The Morgan fingerprint density at radius 1 is 1.21 bits per heavy atom. The zero-order chi connectivity index (χ0) is 10.9. The SMILES string of the molecule is FC(F)(F)Sc1ccc(Cl)c(Br)c1Cl. The molecular formula is C7H2BrCl2F3S. The van der Waals surface area contributed by atoms with Gasteiger partial charge in [0.05, 0.1) is 14.5 Å². The van der Waals surface area contributed by atoms with E-state index in [0.29, 0.717) is 0 Å². The number of rotatable bonds is 1. The zero-order valence-electron chi connectivity index (χ0n) is 6.33. The van der Waals surface area contributed by atoms with Gasteiger partial charge in [-0.1, -0.05) is 23.2 Å². The molecule has 0 unspecified atom stereocenters. The lowest BCUT2D eigenvalue weighted by Gasteiger charge is -2.08. The van der Waals surface area contributed by atoms with E-state index in [1.54, 1.807) is 0 Å². The number of hydrogen-bond donors (Lipinski definition) is 0. The molecule has 0 fully saturated rings. The van der Waals surface area contributed by atoms with Gasteiger partial charge >= 0.3 is 5.51 Å². The molecule has 0 aliphatic carbocycles. The Bertz CT molecular complexity index is 354. The van der Waals surface area contributed by atoms with Crippen molar-refractivity contribution in [2.45, 2.75) is 10.4 Å². The zero-order valence-corrected chi connectivity index (χ0v) is 10.2. The molecule has 0 aliphatic heterocycles. The first-order chi connectivity index (χ1) is 6.31. The number of halogens is 6. The number of hydrogen-bond acceptors (Lipinski definition) is 1. The largest absolute Gasteiger partial charge is 0.446 e. The Morgan fingerprint density at radius 2 is 1.79 bits per heavy atom. The smallest absolute Gasteiger partial charge is 0.160 e. The van der Waals surface area contributed by atoms with Crippen molar-refractivity contribution in [3.63, 3.8) is 0 Å². The Hall–Kier alpha value is 0.420. The fourth-order valence-electron chi connectivity index (χ4n) is 0.712. The van der Waals surface area contributed by atoms with Crippen LogP contribution in [0.25, 0.3) is 0 Å². The molecule has 14 heavy (non-hydrogen) atoms. The second-order valence-corrected chi connectivity index (χ2v) is 4.91. The van der Waals surface area contributed by atoms with E-state index in [0.717, 1.165) is 0 Å². The normalized spacial score (nSPS) is 11.9. The molecule has 7 heteroatoms. The van der Waals surface area contributed by atoms with Crippen LogP contribution in [0.15, 0.2) is 21.5 Å². The Morgan fingerprint density at radius 3 is 2.29 bits per heavy atom. The van der Waals surface area contributed by atoms with E-state index in [1.165, 1.54) is 12.1 Å². The average Bonchev–Trinajstić information content (AvgIpc) is 2.04. The highest BCUT2D eigenvalue weighted by Crippen LogP contribution is 2.44. The molecule has 0 spiro atoms. The van der Waals surface area contributed by atoms with Crippen LogP contribution in [0.4, 0.5) is 13.2 Å². The van der Waals surface area contributed by atoms with Crippen molar-refractivity contribution in [1.29, 1.82) is 0 Å². The summed E-state index contributed by atoms with van der Waals surface area (Å²) in [5.74, 6) is 0. The highest BCUT2D eigenvalue weighted by molar-refractivity contribution is 9.10. The van der Waals surface area contributed by atoms with Crippen molar-refractivity contribution >= 4 is 50.9 Å². The van der Waals surface area contributed by atoms with Gasteiger partial charge in [-0.3, -0.25) is 0 Å². The minimum Gasteiger partial charge on any atom is -0.160 e. The molecule has 0 amide bonds. The molecule has 0 saturated heterocycles. The van der Waals surface area contributed by atoms with Crippen molar-refractivity contribution < 1.29 is 13.2 Å². The molecule has 0 aromatic heterocycles. The van der Waals surface area contributed by atoms with E-state index in [4.69, 9.17) is 23.2 Å². The molecule has 1 aromatic carbocycles. The van der Waals surface area contributed by atoms with Crippen LogP contribution in [0, 0.1) is 0 Å². The Kier molecular flexibility index (Phi) is 4.03. The first-order valence-corrected chi connectivity index (χ1v) is 5.57. The summed E-state index contributed by atoms with van der Waals surface area (Å²) in [7, 11) is 0. The average molecular weight is 326 g/mol. The molecule has 0 aliphatic rings. The summed E-state index contributed by atoms with van der Waals surface area (Å²) in [6, 6.07) is 2.58. The number of alkyl halides is 3. The Labute approximate surface area is 101 Å². The third-order valence-corrected chi connectivity index (χ3v) is 4.12. The molecule has 0 bridgehead atoms. The lowest BCUT2D eigenvalue weighted by molar-refractivity contribution is -0.0328. The standard InChI is InChI=1S/C7H2BrCl2F3S/c8-5-3(9)1-2-4(6(5)10)14-7(11,12)13/h1-2H. The van der Waals surface area contributed by atoms with Crippen LogP contribution < -0.4 is 0 Å². The van der Waals surface area contributed by atoms with Crippen LogP contribution in [-0.4, -0.2) is 5.51 Å². The van der Waals surface area contributed by atoms with Crippen LogP contribution in [0.3, 0.4) is 0 Å². The first-order valence-electron chi connectivity index (χ1n) is 3.20. The topological polar surface area (TPSA) is 0 Å². The lowest BCUT2D eigenvalue weighted by Crippen LogP contribution is -1.99. The summed E-state index contributed by atoms with van der Waals surface area (Å²) in [6.07, 6.45) is 0. The summed E-state index contributed by atoms with van der Waals surface area (Å²) in [5, 5.41) is 0.251. The van der Waals surface area contributed by atoms with Crippen LogP contribution in [0.2, 0.25) is 10.0 Å². The lowest BCUT2D eigenvalue weighted by atomic mass is 10.4. The van der Waals surface area contributed by atoms with E-state index in [9.17, 15) is 13.2 Å². The molecule has 0 N–H and O–H groups in total. The molecule has 0 radical (unpaired) electrons. The minimum atomic E-state index is -4.35. The monoisotopic (exact) mass is 324 g/mol. The van der Waals surface area contributed by atoms with Crippen LogP contribution in [-0.2, 0) is 0 Å². The molecule has 1 rings (SSSR count). The van der Waals surface area contributed by atoms with Gasteiger partial charge in [0.15, 0.2) is 0 Å². The third-order valence-electron chi connectivity index (χ3n) is 1.23. The summed E-state index contributed by atoms with van der Waals surface area (Å²) in [6.45, 7) is 0. The van der Waals surface area contributed by atoms with E-state index in [-0.39, 0.29) is 31.2 Å². The van der Waals surface area contributed by atoms with E-state index in [2.05, 4.69) is 15.9 Å². The van der Waals surface area contributed by atoms with Crippen molar-refractivity contribution in [2.75, 3.05) is 0 Å². The van der Waals surface area contributed by atoms with Crippen LogP contribution in [0.1, 0.15) is 0 Å². The highest BCUT2D eigenvalue weighted by atomic mass is 79.9. The van der Waals surface area contributed by atoms with E-state index >= 15 is 0 Å². The summed E-state index contributed by atoms with van der Waals surface area (Å²) < 4.78 is 36.3. The molecule has 0 saturated carbocycles. The molecular weight excluding hydrogens is 324 g/mol. The fourth-order valence-corrected chi connectivity index (χ4v) is 2.25. The molecule has 0 nitrogen and oxygen atoms in total. The summed E-state index contributed by atoms with van der Waals surface area (Å²) in [4.78, 5) is -0.0737. The minimum absolute atomic E-state index is 0.0279. The van der Waals surface area contributed by atoms with Crippen molar-refractivity contribution in [3.8, 4) is 0 Å². The van der Waals surface area contributed by atoms with Crippen molar-refractivity contribution in [1.82, 2.24) is 0 Å². The summed E-state index contributed by atoms with van der Waals surface area (Å²) in [5.41, 5.74) is -4.35. The second kappa shape index (κ2) is 4.51. The van der Waals surface area contributed by atoms with Crippen molar-refractivity contribution in [2.24, 2.45) is 0 Å². The molecule has 78 valence electrons. The van der Waals surface area contributed by atoms with Crippen molar-refractivity contribution in [3.05, 3.63) is 26.7 Å². The van der Waals surface area contributed by atoms with Gasteiger partial charge in [0.25, 0.3) is 0 Å². The van der Waals surface area contributed by atoms with Gasteiger partial charge in [-0.25, -0.2) is 0 Å². The van der Waals surface area contributed by atoms with E-state index < -0.39 is 5.51 Å². The molecule has 1 aromatic rings. The maximum Gasteiger partial charge on any atom is 0.446 e. The quantitative estimate of drug-likeness (QED) is 0.494. The third kappa shape index (κ3) is 3.22. The van der Waals surface area contributed by atoms with E-state index in [1.807, 2.05) is 0 Å².